The van der Waals surface area contributed by atoms with Crippen LogP contribution in [0.15, 0.2) is 33.6 Å². The Morgan fingerprint density at radius 3 is 2.57 bits per heavy atom. The SMILES string of the molecule is CCCCC(CC)CC(CSc1ccccc1Br)NCC. The Bertz CT molecular complexity index is 383. The van der Waals surface area contributed by atoms with E-state index in [1.54, 1.807) is 0 Å². The second-order valence-corrected chi connectivity index (χ2v) is 7.56. The van der Waals surface area contributed by atoms with Gasteiger partial charge in [-0.3, -0.25) is 0 Å². The lowest BCUT2D eigenvalue weighted by Crippen LogP contribution is -2.33. The molecular formula is C18H30BrNS. The van der Waals surface area contributed by atoms with Crippen LogP contribution in [-0.4, -0.2) is 18.3 Å². The van der Waals surface area contributed by atoms with E-state index in [2.05, 4.69) is 66.3 Å². The van der Waals surface area contributed by atoms with Crippen LogP contribution in [-0.2, 0) is 0 Å². The molecule has 1 aromatic rings. The maximum absolute atomic E-state index is 3.68. The van der Waals surface area contributed by atoms with Gasteiger partial charge in [-0.15, -0.1) is 11.8 Å². The highest BCUT2D eigenvalue weighted by atomic mass is 79.9. The van der Waals surface area contributed by atoms with Crippen molar-refractivity contribution in [2.24, 2.45) is 5.92 Å². The second-order valence-electron chi connectivity index (χ2n) is 5.65. The minimum absolute atomic E-state index is 0.619. The van der Waals surface area contributed by atoms with Gasteiger partial charge >= 0.3 is 0 Å². The third-order valence-electron chi connectivity index (χ3n) is 3.93. The molecule has 0 radical (unpaired) electrons. The fraction of sp³-hybridized carbons (Fsp3) is 0.667. The average Bonchev–Trinajstić information content (AvgIpc) is 2.50. The van der Waals surface area contributed by atoms with Gasteiger partial charge < -0.3 is 5.32 Å². The molecule has 1 rings (SSSR count). The van der Waals surface area contributed by atoms with Crippen molar-refractivity contribution in [3.63, 3.8) is 0 Å². The van der Waals surface area contributed by atoms with E-state index < -0.39 is 0 Å². The number of rotatable bonds is 11. The van der Waals surface area contributed by atoms with Crippen molar-refractivity contribution < 1.29 is 0 Å². The van der Waals surface area contributed by atoms with Crippen LogP contribution in [0.3, 0.4) is 0 Å². The van der Waals surface area contributed by atoms with Crippen LogP contribution in [0.1, 0.15) is 52.9 Å². The summed E-state index contributed by atoms with van der Waals surface area (Å²) >= 11 is 5.60. The molecule has 0 aromatic heterocycles. The largest absolute Gasteiger partial charge is 0.313 e. The number of unbranched alkanes of at least 4 members (excludes halogenated alkanes) is 1. The normalized spacial score (nSPS) is 14.1. The first-order valence-corrected chi connectivity index (χ1v) is 10.1. The maximum Gasteiger partial charge on any atom is 0.0311 e. The molecule has 0 saturated heterocycles. The van der Waals surface area contributed by atoms with Crippen molar-refractivity contribution in [3.8, 4) is 0 Å². The predicted octanol–water partition coefficient (Wildman–Crippen LogP) is 6.13. The summed E-state index contributed by atoms with van der Waals surface area (Å²) < 4.78 is 1.21. The zero-order chi connectivity index (χ0) is 15.5. The quantitative estimate of drug-likeness (QED) is 0.469. The summed E-state index contributed by atoms with van der Waals surface area (Å²) in [6.07, 6.45) is 6.68. The molecule has 2 atom stereocenters. The number of thioether (sulfide) groups is 1. The molecule has 0 aliphatic rings. The molecular weight excluding hydrogens is 342 g/mol. The van der Waals surface area contributed by atoms with Gasteiger partial charge in [0.15, 0.2) is 0 Å². The van der Waals surface area contributed by atoms with E-state index >= 15 is 0 Å². The van der Waals surface area contributed by atoms with Gasteiger partial charge in [-0.2, -0.15) is 0 Å². The third-order valence-corrected chi connectivity index (χ3v) is 6.12. The summed E-state index contributed by atoms with van der Waals surface area (Å²) in [5, 5.41) is 3.68. The highest BCUT2D eigenvalue weighted by molar-refractivity contribution is 9.10. The third kappa shape index (κ3) is 7.71. The lowest BCUT2D eigenvalue weighted by molar-refractivity contribution is 0.368. The lowest BCUT2D eigenvalue weighted by Gasteiger charge is -2.23. The van der Waals surface area contributed by atoms with Crippen LogP contribution >= 0.6 is 27.7 Å². The van der Waals surface area contributed by atoms with E-state index in [-0.39, 0.29) is 0 Å². The van der Waals surface area contributed by atoms with Crippen molar-refractivity contribution in [3.05, 3.63) is 28.7 Å². The van der Waals surface area contributed by atoms with E-state index in [1.807, 2.05) is 11.8 Å². The lowest BCUT2D eigenvalue weighted by atomic mass is 9.92. The van der Waals surface area contributed by atoms with Gasteiger partial charge in [0.2, 0.25) is 0 Å². The molecule has 0 bridgehead atoms. The number of benzene rings is 1. The zero-order valence-electron chi connectivity index (χ0n) is 13.7. The average molecular weight is 372 g/mol. The van der Waals surface area contributed by atoms with Gasteiger partial charge in [0.25, 0.3) is 0 Å². The molecule has 0 spiro atoms. The summed E-state index contributed by atoms with van der Waals surface area (Å²) in [5.74, 6) is 2.02. The molecule has 0 amide bonds. The molecule has 1 nitrogen and oxygen atoms in total. The molecule has 1 aromatic carbocycles. The Labute approximate surface area is 143 Å². The van der Waals surface area contributed by atoms with Crippen LogP contribution in [0.2, 0.25) is 0 Å². The first kappa shape index (κ1) is 19.1. The summed E-state index contributed by atoms with van der Waals surface area (Å²) in [4.78, 5) is 1.35. The first-order valence-electron chi connectivity index (χ1n) is 8.31. The smallest absolute Gasteiger partial charge is 0.0311 e. The highest BCUT2D eigenvalue weighted by Gasteiger charge is 2.15. The van der Waals surface area contributed by atoms with Gasteiger partial charge in [0.1, 0.15) is 0 Å². The van der Waals surface area contributed by atoms with E-state index in [0.29, 0.717) is 6.04 Å². The van der Waals surface area contributed by atoms with Gasteiger partial charge in [0.05, 0.1) is 0 Å². The van der Waals surface area contributed by atoms with Gasteiger partial charge in [-0.25, -0.2) is 0 Å². The van der Waals surface area contributed by atoms with Crippen molar-refractivity contribution in [1.29, 1.82) is 0 Å². The fourth-order valence-electron chi connectivity index (χ4n) is 2.63. The topological polar surface area (TPSA) is 12.0 Å². The Morgan fingerprint density at radius 1 is 1.19 bits per heavy atom. The number of hydrogen-bond donors (Lipinski definition) is 1. The molecule has 0 saturated carbocycles. The van der Waals surface area contributed by atoms with E-state index in [9.17, 15) is 0 Å². The standard InChI is InChI=1S/C18H30BrNS/c1-4-7-10-15(5-2)13-16(20-6-3)14-21-18-12-9-8-11-17(18)19/h8-9,11-12,15-16,20H,4-7,10,13-14H2,1-3H3. The van der Waals surface area contributed by atoms with E-state index in [0.717, 1.165) is 18.2 Å². The van der Waals surface area contributed by atoms with Crippen LogP contribution in [0, 0.1) is 5.92 Å². The number of halogens is 1. The van der Waals surface area contributed by atoms with Crippen LogP contribution in [0.4, 0.5) is 0 Å². The number of nitrogens with one attached hydrogen (secondary N) is 1. The van der Waals surface area contributed by atoms with Crippen molar-refractivity contribution >= 4 is 27.7 Å². The molecule has 120 valence electrons. The Kier molecular flexibility index (Phi) is 10.5. The van der Waals surface area contributed by atoms with Crippen molar-refractivity contribution in [2.45, 2.75) is 63.8 Å². The molecule has 0 aliphatic carbocycles. The zero-order valence-corrected chi connectivity index (χ0v) is 16.1. The van der Waals surface area contributed by atoms with E-state index in [1.165, 1.54) is 41.5 Å². The van der Waals surface area contributed by atoms with Crippen LogP contribution < -0.4 is 5.32 Å². The Hall–Kier alpha value is 0.01000. The second kappa shape index (κ2) is 11.6. The minimum atomic E-state index is 0.619. The summed E-state index contributed by atoms with van der Waals surface area (Å²) in [6, 6.07) is 9.14. The molecule has 21 heavy (non-hydrogen) atoms. The van der Waals surface area contributed by atoms with E-state index in [4.69, 9.17) is 0 Å². The van der Waals surface area contributed by atoms with Crippen LogP contribution in [0.5, 0.6) is 0 Å². The fourth-order valence-corrected chi connectivity index (χ4v) is 4.28. The molecule has 3 heteroatoms. The summed E-state index contributed by atoms with van der Waals surface area (Å²) in [6.45, 7) is 7.90. The Balaban J connectivity index is 2.50. The van der Waals surface area contributed by atoms with Crippen molar-refractivity contribution in [2.75, 3.05) is 12.3 Å². The monoisotopic (exact) mass is 371 g/mol. The van der Waals surface area contributed by atoms with Crippen LogP contribution in [0.25, 0.3) is 0 Å². The van der Waals surface area contributed by atoms with Gasteiger partial charge in [0, 0.05) is 21.2 Å². The molecule has 2 unspecified atom stereocenters. The highest BCUT2D eigenvalue weighted by Crippen LogP contribution is 2.29. The van der Waals surface area contributed by atoms with Gasteiger partial charge in [-0.1, -0.05) is 58.6 Å². The Morgan fingerprint density at radius 2 is 1.95 bits per heavy atom. The van der Waals surface area contributed by atoms with Gasteiger partial charge in [-0.05, 0) is 46.9 Å². The predicted molar refractivity (Wildman–Crippen MR) is 100 cm³/mol. The summed E-state index contributed by atoms with van der Waals surface area (Å²) in [5.41, 5.74) is 0. The maximum atomic E-state index is 3.68. The minimum Gasteiger partial charge on any atom is -0.313 e. The molecule has 1 N–H and O–H groups in total. The number of hydrogen-bond acceptors (Lipinski definition) is 2. The van der Waals surface area contributed by atoms with Crippen molar-refractivity contribution in [1.82, 2.24) is 5.32 Å². The molecule has 0 fully saturated rings. The first-order chi connectivity index (χ1) is 10.2. The molecule has 0 aliphatic heterocycles. The molecule has 0 heterocycles. The summed E-state index contributed by atoms with van der Waals surface area (Å²) in [7, 11) is 0.